The van der Waals surface area contributed by atoms with Gasteiger partial charge in [-0.3, -0.25) is 19.5 Å². The van der Waals surface area contributed by atoms with Crippen molar-refractivity contribution in [1.82, 2.24) is 24.8 Å². The summed E-state index contributed by atoms with van der Waals surface area (Å²) in [6, 6.07) is 13.3. The highest BCUT2D eigenvalue weighted by Gasteiger charge is 2.17. The van der Waals surface area contributed by atoms with Gasteiger partial charge in [0.1, 0.15) is 6.33 Å². The number of anilines is 2. The minimum Gasteiger partial charge on any atom is -0.322 e. The van der Waals surface area contributed by atoms with Crippen molar-refractivity contribution in [1.29, 1.82) is 0 Å². The van der Waals surface area contributed by atoms with Crippen LogP contribution in [0.15, 0.2) is 73.8 Å². The topological polar surface area (TPSA) is 114 Å². The SMILES string of the molecule is C=CC(=O)Nc1cccc(-n2c(NC(=O)c3cncnc3)nc3cc(CNCC(C)(C)C)ccc32)c1. The van der Waals surface area contributed by atoms with Gasteiger partial charge in [-0.05, 0) is 47.4 Å². The summed E-state index contributed by atoms with van der Waals surface area (Å²) in [6.07, 6.45) is 5.46. The molecular formula is C27H29N7O2. The summed E-state index contributed by atoms with van der Waals surface area (Å²) in [5.74, 6) is -0.353. The first-order chi connectivity index (χ1) is 17.2. The van der Waals surface area contributed by atoms with Gasteiger partial charge in [0.05, 0.1) is 22.3 Å². The molecule has 0 atom stereocenters. The van der Waals surface area contributed by atoms with Crippen molar-refractivity contribution in [2.75, 3.05) is 17.2 Å². The molecule has 36 heavy (non-hydrogen) atoms. The van der Waals surface area contributed by atoms with Crippen molar-refractivity contribution in [2.24, 2.45) is 5.41 Å². The van der Waals surface area contributed by atoms with Crippen LogP contribution in [0, 0.1) is 5.41 Å². The lowest BCUT2D eigenvalue weighted by Crippen LogP contribution is -2.26. The van der Waals surface area contributed by atoms with Crippen LogP contribution in [0.1, 0.15) is 36.7 Å². The third kappa shape index (κ3) is 6.00. The van der Waals surface area contributed by atoms with Crippen molar-refractivity contribution in [3.63, 3.8) is 0 Å². The Hall–Kier alpha value is -4.37. The van der Waals surface area contributed by atoms with Crippen LogP contribution in [0.5, 0.6) is 0 Å². The molecule has 4 aromatic rings. The Bertz CT molecular complexity index is 1400. The Labute approximate surface area is 209 Å². The molecule has 0 saturated carbocycles. The monoisotopic (exact) mass is 483 g/mol. The number of carbonyl (C=O) groups is 2. The molecule has 2 aromatic heterocycles. The summed E-state index contributed by atoms with van der Waals surface area (Å²) in [4.78, 5) is 37.3. The Balaban J connectivity index is 1.73. The lowest BCUT2D eigenvalue weighted by Gasteiger charge is -2.18. The van der Waals surface area contributed by atoms with Gasteiger partial charge in [-0.15, -0.1) is 0 Å². The molecule has 9 nitrogen and oxygen atoms in total. The van der Waals surface area contributed by atoms with E-state index in [1.807, 2.05) is 41.0 Å². The fraction of sp³-hybridized carbons (Fsp3) is 0.222. The number of benzene rings is 2. The summed E-state index contributed by atoms with van der Waals surface area (Å²) in [5, 5.41) is 9.13. The van der Waals surface area contributed by atoms with Gasteiger partial charge in [0.25, 0.3) is 5.91 Å². The van der Waals surface area contributed by atoms with Crippen LogP contribution in [0.25, 0.3) is 16.7 Å². The molecule has 0 fully saturated rings. The van der Waals surface area contributed by atoms with Crippen LogP contribution in [0.4, 0.5) is 11.6 Å². The highest BCUT2D eigenvalue weighted by Crippen LogP contribution is 2.28. The molecular weight excluding hydrogens is 454 g/mol. The molecule has 4 rings (SSSR count). The van der Waals surface area contributed by atoms with Gasteiger partial charge in [0.15, 0.2) is 0 Å². The van der Waals surface area contributed by atoms with Crippen molar-refractivity contribution < 1.29 is 9.59 Å². The molecule has 0 unspecified atom stereocenters. The maximum Gasteiger partial charge on any atom is 0.261 e. The standard InChI is InChI=1S/C27H29N7O2/c1-5-24(35)31-20-7-6-8-21(12-20)34-23-10-9-18(13-28-16-27(2,3)4)11-22(23)32-26(34)33-25(36)19-14-29-17-30-15-19/h5-12,14-15,17,28H,1,13,16H2,2-4H3,(H,31,35)(H,32,33,36). The average molecular weight is 484 g/mol. The third-order valence-corrected chi connectivity index (χ3v) is 5.31. The number of rotatable bonds is 8. The number of fused-ring (bicyclic) bond motifs is 1. The molecule has 0 bridgehead atoms. The van der Waals surface area contributed by atoms with E-state index in [-0.39, 0.29) is 17.2 Å². The molecule has 0 saturated heterocycles. The van der Waals surface area contributed by atoms with Crippen LogP contribution < -0.4 is 16.0 Å². The zero-order valence-corrected chi connectivity index (χ0v) is 20.6. The summed E-state index contributed by atoms with van der Waals surface area (Å²) < 4.78 is 1.84. The van der Waals surface area contributed by atoms with E-state index in [4.69, 9.17) is 4.98 Å². The van der Waals surface area contributed by atoms with E-state index in [0.717, 1.165) is 28.8 Å². The number of hydrogen-bond acceptors (Lipinski definition) is 6. The van der Waals surface area contributed by atoms with Crippen LogP contribution in [0.3, 0.4) is 0 Å². The first-order valence-electron chi connectivity index (χ1n) is 11.6. The molecule has 0 aliphatic rings. The van der Waals surface area contributed by atoms with Gasteiger partial charge in [-0.25, -0.2) is 15.0 Å². The van der Waals surface area contributed by atoms with Crippen LogP contribution in [-0.4, -0.2) is 37.9 Å². The largest absolute Gasteiger partial charge is 0.322 e. The number of nitrogens with one attached hydrogen (secondary N) is 3. The zero-order valence-electron chi connectivity index (χ0n) is 20.6. The highest BCUT2D eigenvalue weighted by molar-refractivity contribution is 6.04. The van der Waals surface area contributed by atoms with Crippen LogP contribution in [0.2, 0.25) is 0 Å². The summed E-state index contributed by atoms with van der Waals surface area (Å²) in [5.41, 5.74) is 4.42. The summed E-state index contributed by atoms with van der Waals surface area (Å²) in [6.45, 7) is 11.6. The fourth-order valence-corrected chi connectivity index (χ4v) is 3.67. The van der Waals surface area contributed by atoms with Crippen LogP contribution >= 0.6 is 0 Å². The molecule has 2 amide bonds. The zero-order chi connectivity index (χ0) is 25.7. The number of aromatic nitrogens is 4. The Morgan fingerprint density at radius 1 is 1.06 bits per heavy atom. The van der Waals surface area contributed by atoms with E-state index < -0.39 is 0 Å². The van der Waals surface area contributed by atoms with E-state index in [1.54, 1.807) is 6.07 Å². The van der Waals surface area contributed by atoms with E-state index >= 15 is 0 Å². The highest BCUT2D eigenvalue weighted by atomic mass is 16.2. The number of nitrogens with zero attached hydrogens (tertiary/aromatic N) is 4. The third-order valence-electron chi connectivity index (χ3n) is 5.31. The smallest absolute Gasteiger partial charge is 0.261 e. The number of hydrogen-bond donors (Lipinski definition) is 3. The molecule has 2 aromatic carbocycles. The van der Waals surface area contributed by atoms with E-state index in [0.29, 0.717) is 23.7 Å². The molecule has 9 heteroatoms. The van der Waals surface area contributed by atoms with Crippen molar-refractivity contribution in [2.45, 2.75) is 27.3 Å². The number of imidazole rings is 1. The Morgan fingerprint density at radius 3 is 2.56 bits per heavy atom. The molecule has 184 valence electrons. The molecule has 3 N–H and O–H groups in total. The quantitative estimate of drug-likeness (QED) is 0.322. The number of carbonyl (C=O) groups excluding carboxylic acids is 2. The normalized spacial score (nSPS) is 11.3. The van der Waals surface area contributed by atoms with Crippen molar-refractivity contribution in [3.8, 4) is 5.69 Å². The van der Waals surface area contributed by atoms with Gasteiger partial charge < -0.3 is 10.6 Å². The lowest BCUT2D eigenvalue weighted by atomic mass is 9.97. The second-order valence-electron chi connectivity index (χ2n) is 9.58. The molecule has 0 aliphatic carbocycles. The van der Waals surface area contributed by atoms with Gasteiger partial charge in [-0.2, -0.15) is 0 Å². The summed E-state index contributed by atoms with van der Waals surface area (Å²) in [7, 11) is 0. The van der Waals surface area contributed by atoms with Gasteiger partial charge >= 0.3 is 0 Å². The molecule has 0 aliphatic heterocycles. The predicted molar refractivity (Wildman–Crippen MR) is 141 cm³/mol. The molecule has 0 radical (unpaired) electrons. The van der Waals surface area contributed by atoms with Gasteiger partial charge in [-0.1, -0.05) is 39.5 Å². The van der Waals surface area contributed by atoms with Crippen molar-refractivity contribution >= 4 is 34.5 Å². The maximum absolute atomic E-state index is 12.9. The number of amides is 2. The minimum absolute atomic E-state index is 0.177. The first-order valence-corrected chi connectivity index (χ1v) is 11.6. The second-order valence-corrected chi connectivity index (χ2v) is 9.58. The predicted octanol–water partition coefficient (Wildman–Crippen LogP) is 4.33. The molecule has 2 heterocycles. The maximum atomic E-state index is 12.9. The van der Waals surface area contributed by atoms with Crippen molar-refractivity contribution in [3.05, 3.63) is 85.0 Å². The van der Waals surface area contributed by atoms with E-state index in [1.165, 1.54) is 24.8 Å². The Morgan fingerprint density at radius 2 is 1.83 bits per heavy atom. The van der Waals surface area contributed by atoms with E-state index in [2.05, 4.69) is 53.3 Å². The first kappa shape index (κ1) is 24.7. The Kier molecular flexibility index (Phi) is 7.21. The van der Waals surface area contributed by atoms with Gasteiger partial charge in [0, 0.05) is 31.2 Å². The second kappa shape index (κ2) is 10.5. The van der Waals surface area contributed by atoms with Gasteiger partial charge in [0.2, 0.25) is 11.9 Å². The average Bonchev–Trinajstić information content (AvgIpc) is 3.20. The fourth-order valence-electron chi connectivity index (χ4n) is 3.67. The summed E-state index contributed by atoms with van der Waals surface area (Å²) >= 11 is 0. The molecule has 0 spiro atoms. The minimum atomic E-state index is -0.379. The van der Waals surface area contributed by atoms with Crippen LogP contribution in [-0.2, 0) is 11.3 Å². The lowest BCUT2D eigenvalue weighted by molar-refractivity contribution is -0.111. The van der Waals surface area contributed by atoms with E-state index in [9.17, 15) is 9.59 Å².